The number of hydrogen-bond donors (Lipinski definition) is 1. The van der Waals surface area contributed by atoms with Crippen LogP contribution in [0.4, 0.5) is 19.1 Å². The average molecular weight is 434 g/mol. The number of halogens is 3. The summed E-state index contributed by atoms with van der Waals surface area (Å²) in [4.78, 5) is 3.86. The number of benzene rings is 2. The standard InChI is InChI=1S/C23H17F3N6/c1-13(14-5-7-16(24)8-6-14)32-12-15(11-28-32)17-3-2-4-18(20(17)25)19-9-10-31-22(21(19)26)29-23(27)30-31/h2-13H,1H3,(H2,27,30). The van der Waals surface area contributed by atoms with Gasteiger partial charge in [-0.15, -0.1) is 5.10 Å². The first-order chi connectivity index (χ1) is 15.4. The van der Waals surface area contributed by atoms with E-state index in [1.807, 2.05) is 6.92 Å². The molecule has 0 amide bonds. The van der Waals surface area contributed by atoms with E-state index in [4.69, 9.17) is 5.73 Å². The van der Waals surface area contributed by atoms with Crippen molar-refractivity contribution in [1.29, 1.82) is 0 Å². The van der Waals surface area contributed by atoms with Crippen LogP contribution in [0.1, 0.15) is 18.5 Å². The number of nitrogens with zero attached hydrogens (tertiary/aromatic N) is 5. The summed E-state index contributed by atoms with van der Waals surface area (Å²) < 4.78 is 46.6. The number of aromatic nitrogens is 5. The van der Waals surface area contributed by atoms with E-state index in [2.05, 4.69) is 15.2 Å². The normalized spacial score (nSPS) is 12.4. The first-order valence-electron chi connectivity index (χ1n) is 9.81. The van der Waals surface area contributed by atoms with Crippen LogP contribution in [0.3, 0.4) is 0 Å². The van der Waals surface area contributed by atoms with E-state index in [0.717, 1.165) is 5.56 Å². The quantitative estimate of drug-likeness (QED) is 0.438. The van der Waals surface area contributed by atoms with Gasteiger partial charge in [0.05, 0.1) is 12.2 Å². The summed E-state index contributed by atoms with van der Waals surface area (Å²) in [5.41, 5.74) is 7.27. The number of fused-ring (bicyclic) bond motifs is 1. The molecule has 9 heteroatoms. The molecule has 0 aliphatic heterocycles. The average Bonchev–Trinajstić information content (AvgIpc) is 3.42. The topological polar surface area (TPSA) is 74.0 Å². The molecule has 0 fully saturated rings. The van der Waals surface area contributed by atoms with Crippen LogP contribution in [0.5, 0.6) is 0 Å². The third kappa shape index (κ3) is 3.27. The first kappa shape index (κ1) is 19.8. The number of nitrogen functional groups attached to an aromatic ring is 1. The maximum absolute atomic E-state index is 15.5. The number of rotatable bonds is 4. The van der Waals surface area contributed by atoms with Gasteiger partial charge in [-0.2, -0.15) is 10.1 Å². The molecule has 6 nitrogen and oxygen atoms in total. The maximum Gasteiger partial charge on any atom is 0.240 e. The van der Waals surface area contributed by atoms with Gasteiger partial charge in [0.15, 0.2) is 11.5 Å². The summed E-state index contributed by atoms with van der Waals surface area (Å²) in [6, 6.07) is 12.1. The Hall–Kier alpha value is -4.14. The van der Waals surface area contributed by atoms with Crippen molar-refractivity contribution >= 4 is 11.6 Å². The molecule has 0 aliphatic carbocycles. The third-order valence-electron chi connectivity index (χ3n) is 5.41. The van der Waals surface area contributed by atoms with Gasteiger partial charge in [-0.05, 0) is 30.7 Å². The Balaban J connectivity index is 1.54. The van der Waals surface area contributed by atoms with Crippen molar-refractivity contribution < 1.29 is 13.2 Å². The highest BCUT2D eigenvalue weighted by Gasteiger charge is 2.19. The summed E-state index contributed by atoms with van der Waals surface area (Å²) in [7, 11) is 0. The summed E-state index contributed by atoms with van der Waals surface area (Å²) in [6.07, 6.45) is 4.72. The van der Waals surface area contributed by atoms with Crippen molar-refractivity contribution in [3.63, 3.8) is 0 Å². The summed E-state index contributed by atoms with van der Waals surface area (Å²) in [5, 5.41) is 8.21. The highest BCUT2D eigenvalue weighted by atomic mass is 19.1. The molecule has 0 aliphatic rings. The number of hydrogen-bond acceptors (Lipinski definition) is 4. The molecule has 0 bridgehead atoms. The predicted molar refractivity (Wildman–Crippen MR) is 114 cm³/mol. The maximum atomic E-state index is 15.5. The van der Waals surface area contributed by atoms with Gasteiger partial charge in [-0.1, -0.05) is 30.3 Å². The minimum atomic E-state index is -0.714. The molecule has 2 aromatic carbocycles. The Morgan fingerprint density at radius 2 is 1.62 bits per heavy atom. The van der Waals surface area contributed by atoms with E-state index in [1.54, 1.807) is 41.3 Å². The Labute approximate surface area is 180 Å². The Morgan fingerprint density at radius 3 is 2.41 bits per heavy atom. The van der Waals surface area contributed by atoms with Crippen LogP contribution in [-0.2, 0) is 0 Å². The van der Waals surface area contributed by atoms with E-state index in [1.165, 1.54) is 35.0 Å². The molecule has 5 rings (SSSR count). The van der Waals surface area contributed by atoms with Crippen LogP contribution in [0.15, 0.2) is 67.1 Å². The number of nitrogens with two attached hydrogens (primary N) is 1. The van der Waals surface area contributed by atoms with Crippen molar-refractivity contribution in [2.45, 2.75) is 13.0 Å². The third-order valence-corrected chi connectivity index (χ3v) is 5.41. The molecule has 0 saturated heterocycles. The first-order valence-corrected chi connectivity index (χ1v) is 9.81. The van der Waals surface area contributed by atoms with Crippen LogP contribution < -0.4 is 5.73 Å². The molecule has 3 heterocycles. The lowest BCUT2D eigenvalue weighted by Gasteiger charge is -2.12. The molecule has 5 aromatic rings. The van der Waals surface area contributed by atoms with Gasteiger partial charge in [0.25, 0.3) is 0 Å². The minimum absolute atomic E-state index is 0.0522. The predicted octanol–water partition coefficient (Wildman–Crippen LogP) is 4.87. The number of anilines is 1. The van der Waals surface area contributed by atoms with Crippen LogP contribution >= 0.6 is 0 Å². The SMILES string of the molecule is CC(c1ccc(F)cc1)n1cc(-c2cccc(-c3ccn4nc(N)nc4c3F)c2F)cn1. The Morgan fingerprint density at radius 1 is 0.906 bits per heavy atom. The van der Waals surface area contributed by atoms with Gasteiger partial charge in [0.2, 0.25) is 5.95 Å². The lowest BCUT2D eigenvalue weighted by atomic mass is 10.00. The lowest BCUT2D eigenvalue weighted by Crippen LogP contribution is -2.06. The van der Waals surface area contributed by atoms with Gasteiger partial charge >= 0.3 is 0 Å². The lowest BCUT2D eigenvalue weighted by molar-refractivity contribution is 0.561. The molecule has 0 saturated carbocycles. The van der Waals surface area contributed by atoms with Crippen molar-refractivity contribution in [3.8, 4) is 22.3 Å². The zero-order valence-electron chi connectivity index (χ0n) is 16.9. The molecular weight excluding hydrogens is 417 g/mol. The van der Waals surface area contributed by atoms with Crippen molar-refractivity contribution in [3.05, 3.63) is 90.1 Å². The van der Waals surface area contributed by atoms with E-state index in [9.17, 15) is 4.39 Å². The van der Waals surface area contributed by atoms with E-state index >= 15 is 8.78 Å². The van der Waals surface area contributed by atoms with Crippen LogP contribution in [0.2, 0.25) is 0 Å². The van der Waals surface area contributed by atoms with Gasteiger partial charge in [-0.3, -0.25) is 4.68 Å². The van der Waals surface area contributed by atoms with Gasteiger partial charge < -0.3 is 5.73 Å². The fourth-order valence-corrected chi connectivity index (χ4v) is 3.69. The summed E-state index contributed by atoms with van der Waals surface area (Å²) >= 11 is 0. The molecule has 1 atom stereocenters. The second-order valence-corrected chi connectivity index (χ2v) is 7.39. The molecule has 1 unspecified atom stereocenters. The molecule has 2 N–H and O–H groups in total. The monoisotopic (exact) mass is 434 g/mol. The van der Waals surface area contributed by atoms with Gasteiger partial charge in [-0.25, -0.2) is 17.7 Å². The van der Waals surface area contributed by atoms with E-state index < -0.39 is 11.6 Å². The van der Waals surface area contributed by atoms with Crippen molar-refractivity contribution in [2.24, 2.45) is 0 Å². The van der Waals surface area contributed by atoms with Crippen molar-refractivity contribution in [1.82, 2.24) is 24.4 Å². The molecular formula is C23H17F3N6. The van der Waals surface area contributed by atoms with E-state index in [-0.39, 0.29) is 40.1 Å². The van der Waals surface area contributed by atoms with Crippen LogP contribution in [0.25, 0.3) is 27.9 Å². The van der Waals surface area contributed by atoms with Gasteiger partial charge in [0, 0.05) is 34.6 Å². The second-order valence-electron chi connectivity index (χ2n) is 7.39. The van der Waals surface area contributed by atoms with Crippen LogP contribution in [-0.4, -0.2) is 24.4 Å². The summed E-state index contributed by atoms with van der Waals surface area (Å²) in [5.74, 6) is -1.69. The highest BCUT2D eigenvalue weighted by Crippen LogP contribution is 2.33. The molecule has 0 spiro atoms. The largest absolute Gasteiger partial charge is 0.366 e. The molecule has 3 aromatic heterocycles. The fourth-order valence-electron chi connectivity index (χ4n) is 3.69. The second kappa shape index (κ2) is 7.52. The van der Waals surface area contributed by atoms with Gasteiger partial charge in [0.1, 0.15) is 11.6 Å². The Kier molecular flexibility index (Phi) is 4.66. The minimum Gasteiger partial charge on any atom is -0.366 e. The van der Waals surface area contributed by atoms with Crippen LogP contribution in [0, 0.1) is 17.5 Å². The zero-order chi connectivity index (χ0) is 22.4. The molecule has 160 valence electrons. The number of pyridine rings is 1. The van der Waals surface area contributed by atoms with E-state index in [0.29, 0.717) is 5.56 Å². The molecule has 0 radical (unpaired) electrons. The molecule has 32 heavy (non-hydrogen) atoms. The Bertz CT molecular complexity index is 1440. The van der Waals surface area contributed by atoms with Crippen molar-refractivity contribution in [2.75, 3.05) is 5.73 Å². The summed E-state index contributed by atoms with van der Waals surface area (Å²) in [6.45, 7) is 1.91. The zero-order valence-corrected chi connectivity index (χ0v) is 16.9. The smallest absolute Gasteiger partial charge is 0.240 e. The fraction of sp³-hybridized carbons (Fsp3) is 0.0870. The highest BCUT2D eigenvalue weighted by molar-refractivity contribution is 5.75.